The minimum Gasteiger partial charge on any atom is -0.397 e. The first-order valence-electron chi connectivity index (χ1n) is 5.79. The van der Waals surface area contributed by atoms with Crippen molar-refractivity contribution in [2.75, 3.05) is 23.7 Å². The number of nitrogens with zero attached hydrogens (tertiary/aromatic N) is 2. The zero-order valence-electron chi connectivity index (χ0n) is 9.98. The first-order valence-corrected chi connectivity index (χ1v) is 5.79. The number of rotatable bonds is 1. The molecule has 17 heavy (non-hydrogen) atoms. The summed E-state index contributed by atoms with van der Waals surface area (Å²) in [6.45, 7) is 3.40. The highest BCUT2D eigenvalue weighted by molar-refractivity contribution is 5.69. The maximum absolute atomic E-state index is 9.90. The molecular formula is C13H17N3O. The lowest BCUT2D eigenvalue weighted by Crippen LogP contribution is -2.42. The van der Waals surface area contributed by atoms with Crippen molar-refractivity contribution < 1.29 is 5.11 Å². The molecule has 1 aliphatic heterocycles. The summed E-state index contributed by atoms with van der Waals surface area (Å²) >= 11 is 0. The number of anilines is 2. The largest absolute Gasteiger partial charge is 0.397 e. The van der Waals surface area contributed by atoms with E-state index in [1.54, 1.807) is 12.1 Å². The Morgan fingerprint density at radius 2 is 2.06 bits per heavy atom. The topological polar surface area (TPSA) is 73.3 Å². The number of hydrogen-bond donors (Lipinski definition) is 2. The molecule has 3 N–H and O–H groups in total. The zero-order chi connectivity index (χ0) is 12.5. The third kappa shape index (κ3) is 2.51. The fourth-order valence-electron chi connectivity index (χ4n) is 2.12. The number of benzene rings is 1. The third-order valence-electron chi connectivity index (χ3n) is 3.34. The molecule has 1 aliphatic rings. The molecule has 0 bridgehead atoms. The Bertz CT molecular complexity index is 452. The van der Waals surface area contributed by atoms with E-state index in [1.165, 1.54) is 0 Å². The van der Waals surface area contributed by atoms with Crippen LogP contribution in [0.25, 0.3) is 0 Å². The summed E-state index contributed by atoms with van der Waals surface area (Å²) < 4.78 is 0. The quantitative estimate of drug-likeness (QED) is 0.718. The molecule has 0 radical (unpaired) electrons. The Hall–Kier alpha value is -1.73. The average molecular weight is 231 g/mol. The molecule has 1 aromatic rings. The standard InChI is InChI=1S/C13H17N3O/c1-13(17)4-6-16(7-5-13)12-8-10(9-14)2-3-11(12)15/h2-3,8,17H,4-7,15H2,1H3. The van der Waals surface area contributed by atoms with E-state index >= 15 is 0 Å². The molecule has 0 aliphatic carbocycles. The van der Waals surface area contributed by atoms with Gasteiger partial charge in [-0.15, -0.1) is 0 Å². The minimum absolute atomic E-state index is 0.571. The van der Waals surface area contributed by atoms with Crippen LogP contribution in [-0.4, -0.2) is 23.8 Å². The van der Waals surface area contributed by atoms with Gasteiger partial charge >= 0.3 is 0 Å². The second-order valence-electron chi connectivity index (χ2n) is 4.87. The summed E-state index contributed by atoms with van der Waals surface area (Å²) in [7, 11) is 0. The molecule has 0 atom stereocenters. The van der Waals surface area contributed by atoms with Gasteiger partial charge in [0.15, 0.2) is 0 Å². The van der Waals surface area contributed by atoms with Gasteiger partial charge in [0.05, 0.1) is 28.6 Å². The molecule has 4 heteroatoms. The second kappa shape index (κ2) is 4.27. The molecular weight excluding hydrogens is 214 g/mol. The first kappa shape index (κ1) is 11.7. The molecule has 0 amide bonds. The molecule has 1 heterocycles. The van der Waals surface area contributed by atoms with Crippen LogP contribution in [0.1, 0.15) is 25.3 Å². The number of nitriles is 1. The van der Waals surface area contributed by atoms with Gasteiger partial charge in [-0.3, -0.25) is 0 Å². The van der Waals surface area contributed by atoms with Gasteiger partial charge in [0.25, 0.3) is 0 Å². The molecule has 1 fully saturated rings. The van der Waals surface area contributed by atoms with Crippen molar-refractivity contribution in [3.8, 4) is 6.07 Å². The summed E-state index contributed by atoms with van der Waals surface area (Å²) in [6.07, 6.45) is 1.45. The SMILES string of the molecule is CC1(O)CCN(c2cc(C#N)ccc2N)CC1. The maximum Gasteiger partial charge on any atom is 0.0992 e. The van der Waals surface area contributed by atoms with Crippen molar-refractivity contribution in [2.24, 2.45) is 0 Å². The van der Waals surface area contributed by atoms with Crippen LogP contribution < -0.4 is 10.6 Å². The molecule has 0 spiro atoms. The van der Waals surface area contributed by atoms with Crippen LogP contribution in [0.2, 0.25) is 0 Å². The van der Waals surface area contributed by atoms with Gasteiger partial charge in [0.2, 0.25) is 0 Å². The van der Waals surface area contributed by atoms with E-state index in [0.29, 0.717) is 11.3 Å². The van der Waals surface area contributed by atoms with E-state index in [0.717, 1.165) is 31.6 Å². The lowest BCUT2D eigenvalue weighted by atomic mass is 9.93. The van der Waals surface area contributed by atoms with E-state index in [9.17, 15) is 5.11 Å². The average Bonchev–Trinajstić information content (AvgIpc) is 2.30. The van der Waals surface area contributed by atoms with Crippen LogP contribution in [0, 0.1) is 11.3 Å². The Balaban J connectivity index is 2.21. The Kier molecular flexibility index (Phi) is 2.95. The summed E-state index contributed by atoms with van der Waals surface area (Å²) in [5.74, 6) is 0. The van der Waals surface area contributed by atoms with Gasteiger partial charge < -0.3 is 15.7 Å². The maximum atomic E-state index is 9.90. The van der Waals surface area contributed by atoms with Gasteiger partial charge in [-0.05, 0) is 38.0 Å². The number of nitrogens with two attached hydrogens (primary N) is 1. The summed E-state index contributed by atoms with van der Waals surface area (Å²) in [4.78, 5) is 2.13. The van der Waals surface area contributed by atoms with Gasteiger partial charge in [-0.25, -0.2) is 0 Å². The van der Waals surface area contributed by atoms with Crippen molar-refractivity contribution in [3.05, 3.63) is 23.8 Å². The lowest BCUT2D eigenvalue weighted by molar-refractivity contribution is 0.0351. The van der Waals surface area contributed by atoms with Crippen molar-refractivity contribution >= 4 is 11.4 Å². The Labute approximate surface area is 101 Å². The monoisotopic (exact) mass is 231 g/mol. The second-order valence-corrected chi connectivity index (χ2v) is 4.87. The fraction of sp³-hybridized carbons (Fsp3) is 0.462. The highest BCUT2D eigenvalue weighted by atomic mass is 16.3. The van der Waals surface area contributed by atoms with Gasteiger partial charge in [-0.1, -0.05) is 0 Å². The van der Waals surface area contributed by atoms with Gasteiger partial charge in [0, 0.05) is 13.1 Å². The summed E-state index contributed by atoms with van der Waals surface area (Å²) in [5.41, 5.74) is 7.56. The molecule has 4 nitrogen and oxygen atoms in total. The van der Waals surface area contributed by atoms with Crippen LogP contribution in [0.4, 0.5) is 11.4 Å². The molecule has 90 valence electrons. The molecule has 0 saturated carbocycles. The van der Waals surface area contributed by atoms with Crippen LogP contribution in [0.5, 0.6) is 0 Å². The number of piperidine rings is 1. The molecule has 0 aromatic heterocycles. The number of aliphatic hydroxyl groups is 1. The van der Waals surface area contributed by atoms with Crippen LogP contribution in [0.3, 0.4) is 0 Å². The van der Waals surface area contributed by atoms with Gasteiger partial charge in [-0.2, -0.15) is 5.26 Å². The Morgan fingerprint density at radius 1 is 1.41 bits per heavy atom. The lowest BCUT2D eigenvalue weighted by Gasteiger charge is -2.37. The van der Waals surface area contributed by atoms with Crippen molar-refractivity contribution in [1.82, 2.24) is 0 Å². The molecule has 1 saturated heterocycles. The molecule has 0 unspecified atom stereocenters. The van der Waals surface area contributed by atoms with Crippen LogP contribution >= 0.6 is 0 Å². The van der Waals surface area contributed by atoms with Crippen molar-refractivity contribution in [1.29, 1.82) is 5.26 Å². The van der Waals surface area contributed by atoms with Gasteiger partial charge in [0.1, 0.15) is 0 Å². The van der Waals surface area contributed by atoms with E-state index < -0.39 is 5.60 Å². The normalized spacial score (nSPS) is 18.8. The zero-order valence-corrected chi connectivity index (χ0v) is 9.98. The molecule has 2 rings (SSSR count). The predicted octanol–water partition coefficient (Wildman–Crippen LogP) is 1.49. The number of hydrogen-bond acceptors (Lipinski definition) is 4. The highest BCUT2D eigenvalue weighted by Crippen LogP contribution is 2.30. The van der Waals surface area contributed by atoms with E-state index in [4.69, 9.17) is 11.0 Å². The number of nitrogen functional groups attached to an aromatic ring is 1. The summed E-state index contributed by atoms with van der Waals surface area (Å²) in [6, 6.07) is 7.42. The highest BCUT2D eigenvalue weighted by Gasteiger charge is 2.28. The molecule has 1 aromatic carbocycles. The minimum atomic E-state index is -0.571. The summed E-state index contributed by atoms with van der Waals surface area (Å²) in [5, 5.41) is 18.8. The first-order chi connectivity index (χ1) is 8.02. The van der Waals surface area contributed by atoms with Crippen LogP contribution in [0.15, 0.2) is 18.2 Å². The third-order valence-corrected chi connectivity index (χ3v) is 3.34. The van der Waals surface area contributed by atoms with Crippen molar-refractivity contribution in [2.45, 2.75) is 25.4 Å². The van der Waals surface area contributed by atoms with Crippen molar-refractivity contribution in [3.63, 3.8) is 0 Å². The van der Waals surface area contributed by atoms with E-state index in [-0.39, 0.29) is 0 Å². The van der Waals surface area contributed by atoms with Crippen LogP contribution in [-0.2, 0) is 0 Å². The van der Waals surface area contributed by atoms with E-state index in [1.807, 2.05) is 13.0 Å². The van der Waals surface area contributed by atoms with E-state index in [2.05, 4.69) is 11.0 Å². The Morgan fingerprint density at radius 3 is 2.65 bits per heavy atom. The smallest absolute Gasteiger partial charge is 0.0992 e. The predicted molar refractivity (Wildman–Crippen MR) is 67.6 cm³/mol. The fourth-order valence-corrected chi connectivity index (χ4v) is 2.12.